The Bertz CT molecular complexity index is 1000. The van der Waals surface area contributed by atoms with Crippen molar-refractivity contribution in [2.45, 2.75) is 44.2 Å². The van der Waals surface area contributed by atoms with Crippen molar-refractivity contribution in [3.63, 3.8) is 0 Å². The third kappa shape index (κ3) is 3.29. The summed E-state index contributed by atoms with van der Waals surface area (Å²) in [6.07, 6.45) is 2.69. The predicted octanol–water partition coefficient (Wildman–Crippen LogP) is 2.62. The summed E-state index contributed by atoms with van der Waals surface area (Å²) in [6.45, 7) is 7.58. The molecule has 2 aromatic rings. The van der Waals surface area contributed by atoms with E-state index in [2.05, 4.69) is 26.9 Å². The molecule has 0 bridgehead atoms. The van der Waals surface area contributed by atoms with Gasteiger partial charge in [0, 0.05) is 61.8 Å². The Morgan fingerprint density at radius 3 is 2.65 bits per heavy atom. The van der Waals surface area contributed by atoms with Gasteiger partial charge in [-0.2, -0.15) is 0 Å². The number of aromatic nitrogens is 1. The number of methoxy groups -OCH3 is 1. The number of fused-ring (bicyclic) bond motifs is 4. The second kappa shape index (κ2) is 7.41. The zero-order valence-electron chi connectivity index (χ0n) is 19.0. The van der Waals surface area contributed by atoms with Crippen LogP contribution in [0, 0.1) is 5.92 Å². The van der Waals surface area contributed by atoms with Crippen LogP contribution in [0.15, 0.2) is 18.2 Å². The predicted molar refractivity (Wildman–Crippen MR) is 121 cm³/mol. The maximum Gasteiger partial charge on any atom is 0.318 e. The summed E-state index contributed by atoms with van der Waals surface area (Å²) in [6, 6.07) is 5.82. The highest BCUT2D eigenvalue weighted by molar-refractivity contribution is 5.90. The Morgan fingerprint density at radius 2 is 2.03 bits per heavy atom. The molecular weight excluding hydrogens is 392 g/mol. The normalized spacial score (nSPS) is 22.6. The van der Waals surface area contributed by atoms with E-state index >= 15 is 0 Å². The van der Waals surface area contributed by atoms with Crippen molar-refractivity contribution in [2.75, 3.05) is 39.9 Å². The van der Waals surface area contributed by atoms with Crippen molar-refractivity contribution in [3.05, 3.63) is 29.5 Å². The summed E-state index contributed by atoms with van der Waals surface area (Å²) in [5, 5.41) is 14.7. The van der Waals surface area contributed by atoms with E-state index in [0.29, 0.717) is 6.54 Å². The molecule has 2 N–H and O–H groups in total. The van der Waals surface area contributed by atoms with Gasteiger partial charge in [0.1, 0.15) is 5.75 Å². The largest absolute Gasteiger partial charge is 0.497 e. The standard InChI is InChI=1S/C24H34N4O3/c1-15(2)25-23(30)28-14-24(12-27(13-24)10-16-5-6-16)21-18-8-7-17(31-4)9-19(18)26(3)22(21)20(28)11-29/h7-9,15-16,20,29H,5-6,10-14H2,1-4H3,(H,25,30)/t20-/m1/s1. The second-order valence-electron chi connectivity index (χ2n) is 10.0. The lowest BCUT2D eigenvalue weighted by Gasteiger charge is -2.56. The fourth-order valence-corrected chi connectivity index (χ4v) is 5.76. The molecule has 7 heteroatoms. The number of carbonyl (C=O) groups is 1. The molecule has 2 amide bonds. The average Bonchev–Trinajstić information content (AvgIpc) is 3.49. The number of likely N-dealkylation sites (tertiary alicyclic amines) is 1. The molecule has 3 heterocycles. The van der Waals surface area contributed by atoms with Crippen molar-refractivity contribution in [2.24, 2.45) is 13.0 Å². The zero-order chi connectivity index (χ0) is 21.9. The van der Waals surface area contributed by atoms with Gasteiger partial charge in [0.05, 0.1) is 25.3 Å². The van der Waals surface area contributed by atoms with Crippen molar-refractivity contribution < 1.29 is 14.6 Å². The number of aliphatic hydroxyl groups excluding tert-OH is 1. The first-order valence-corrected chi connectivity index (χ1v) is 11.4. The van der Waals surface area contributed by atoms with Crippen LogP contribution in [0.25, 0.3) is 10.9 Å². The molecule has 168 valence electrons. The van der Waals surface area contributed by atoms with Gasteiger partial charge in [-0.1, -0.05) is 0 Å². The Kier molecular flexibility index (Phi) is 4.94. The number of nitrogens with one attached hydrogen (secondary N) is 1. The molecule has 1 saturated heterocycles. The number of hydrogen-bond donors (Lipinski definition) is 2. The molecule has 5 rings (SSSR count). The minimum absolute atomic E-state index is 0.0497. The molecule has 0 radical (unpaired) electrons. The molecule has 1 aromatic heterocycles. The quantitative estimate of drug-likeness (QED) is 0.771. The maximum absolute atomic E-state index is 13.2. The van der Waals surface area contributed by atoms with Crippen LogP contribution in [0.2, 0.25) is 0 Å². The van der Waals surface area contributed by atoms with Gasteiger partial charge in [0.25, 0.3) is 0 Å². The molecule has 1 atom stereocenters. The average molecular weight is 427 g/mol. The SMILES string of the molecule is COc1ccc2c3c(n(C)c2c1)[C@@H](CO)N(C(=O)NC(C)C)CC31CN(CC2CC2)C1. The Balaban J connectivity index is 1.62. The smallest absolute Gasteiger partial charge is 0.318 e. The van der Waals surface area contributed by atoms with Crippen LogP contribution in [-0.4, -0.2) is 71.4 Å². The molecule has 1 saturated carbocycles. The lowest BCUT2D eigenvalue weighted by molar-refractivity contribution is 0.00744. The summed E-state index contributed by atoms with van der Waals surface area (Å²) >= 11 is 0. The highest BCUT2D eigenvalue weighted by Crippen LogP contribution is 2.50. The topological polar surface area (TPSA) is 70.0 Å². The third-order valence-corrected chi connectivity index (χ3v) is 7.26. The van der Waals surface area contributed by atoms with Crippen LogP contribution in [-0.2, 0) is 12.5 Å². The van der Waals surface area contributed by atoms with Gasteiger partial charge in [0.15, 0.2) is 0 Å². The van der Waals surface area contributed by atoms with Gasteiger partial charge >= 0.3 is 6.03 Å². The van der Waals surface area contributed by atoms with Crippen LogP contribution < -0.4 is 10.1 Å². The molecule has 7 nitrogen and oxygen atoms in total. The number of urea groups is 1. The summed E-state index contributed by atoms with van der Waals surface area (Å²) in [4.78, 5) is 17.6. The molecule has 1 aliphatic carbocycles. The third-order valence-electron chi connectivity index (χ3n) is 7.26. The number of ether oxygens (including phenoxy) is 1. The number of hydrogen-bond acceptors (Lipinski definition) is 4. The van der Waals surface area contributed by atoms with Gasteiger partial charge in [0.2, 0.25) is 0 Å². The van der Waals surface area contributed by atoms with E-state index in [1.165, 1.54) is 23.8 Å². The highest BCUT2D eigenvalue weighted by Gasteiger charge is 2.54. The number of rotatable bonds is 5. The first-order valence-electron chi connectivity index (χ1n) is 11.4. The number of nitrogens with zero attached hydrogens (tertiary/aromatic N) is 3. The van der Waals surface area contributed by atoms with Crippen molar-refractivity contribution in [1.29, 1.82) is 0 Å². The number of aliphatic hydroxyl groups is 1. The number of amides is 2. The van der Waals surface area contributed by atoms with E-state index in [1.807, 2.05) is 31.9 Å². The molecular formula is C24H34N4O3. The van der Waals surface area contributed by atoms with E-state index < -0.39 is 0 Å². The van der Waals surface area contributed by atoms with Crippen molar-refractivity contribution in [1.82, 2.24) is 19.7 Å². The van der Waals surface area contributed by atoms with Crippen molar-refractivity contribution >= 4 is 16.9 Å². The number of carbonyl (C=O) groups excluding carboxylic acids is 1. The van der Waals surface area contributed by atoms with Crippen LogP contribution in [0.4, 0.5) is 4.79 Å². The fraction of sp³-hybridized carbons (Fsp3) is 0.625. The number of benzene rings is 1. The summed E-state index contributed by atoms with van der Waals surface area (Å²) < 4.78 is 7.64. The van der Waals surface area contributed by atoms with E-state index in [1.54, 1.807) is 7.11 Å². The van der Waals surface area contributed by atoms with E-state index in [4.69, 9.17) is 4.74 Å². The fourth-order valence-electron chi connectivity index (χ4n) is 5.76. The molecule has 2 fully saturated rings. The van der Waals surface area contributed by atoms with Gasteiger partial charge in [-0.25, -0.2) is 4.79 Å². The molecule has 2 aliphatic heterocycles. The van der Waals surface area contributed by atoms with Crippen LogP contribution in [0.3, 0.4) is 0 Å². The minimum atomic E-state index is -0.361. The second-order valence-corrected chi connectivity index (χ2v) is 10.0. The maximum atomic E-state index is 13.2. The van der Waals surface area contributed by atoms with E-state index in [9.17, 15) is 9.90 Å². The minimum Gasteiger partial charge on any atom is -0.497 e. The van der Waals surface area contributed by atoms with E-state index in [0.717, 1.165) is 42.5 Å². The summed E-state index contributed by atoms with van der Waals surface area (Å²) in [5.41, 5.74) is 3.36. The van der Waals surface area contributed by atoms with Crippen molar-refractivity contribution in [3.8, 4) is 5.75 Å². The van der Waals surface area contributed by atoms with E-state index in [-0.39, 0.29) is 30.1 Å². The summed E-state index contributed by atoms with van der Waals surface area (Å²) in [5.74, 6) is 1.67. The molecule has 0 unspecified atom stereocenters. The molecule has 1 spiro atoms. The monoisotopic (exact) mass is 426 g/mol. The highest BCUT2D eigenvalue weighted by atomic mass is 16.5. The first-order chi connectivity index (χ1) is 14.9. The first kappa shape index (κ1) is 20.6. The van der Waals surface area contributed by atoms with Gasteiger partial charge in [-0.05, 0) is 50.3 Å². The molecule has 31 heavy (non-hydrogen) atoms. The van der Waals surface area contributed by atoms with Crippen LogP contribution in [0.1, 0.15) is 44.0 Å². The van der Waals surface area contributed by atoms with Gasteiger partial charge < -0.3 is 29.5 Å². The lowest BCUT2D eigenvalue weighted by Crippen LogP contribution is -2.68. The summed E-state index contributed by atoms with van der Waals surface area (Å²) in [7, 11) is 3.73. The number of aryl methyl sites for hydroxylation is 1. The Hall–Kier alpha value is -2.25. The Labute approximate surface area is 183 Å². The van der Waals surface area contributed by atoms with Crippen LogP contribution in [0.5, 0.6) is 5.75 Å². The lowest BCUT2D eigenvalue weighted by atomic mass is 9.68. The van der Waals surface area contributed by atoms with Gasteiger partial charge in [-0.3, -0.25) is 0 Å². The molecule has 1 aromatic carbocycles. The Morgan fingerprint density at radius 1 is 1.29 bits per heavy atom. The zero-order valence-corrected chi connectivity index (χ0v) is 19.0. The van der Waals surface area contributed by atoms with Crippen LogP contribution >= 0.6 is 0 Å². The molecule has 3 aliphatic rings. The van der Waals surface area contributed by atoms with Gasteiger partial charge in [-0.15, -0.1) is 0 Å².